The fourth-order valence-electron chi connectivity index (χ4n) is 3.09. The Morgan fingerprint density at radius 1 is 1.19 bits per heavy atom. The number of halogens is 1. The van der Waals surface area contributed by atoms with E-state index in [0.717, 1.165) is 0 Å². The van der Waals surface area contributed by atoms with E-state index in [4.69, 9.17) is 15.2 Å². The standard InChI is InChI=1S/C18H18N4O4.ClH/c19-16-4-1-11(10-20-16)21-17(23)13-5-6-22(18(13)24)12-2-3-14-15(9-12)26-8-7-25-14;/h1-4,9-10,13H,5-8H2,(H2,19,20)(H,21,23);1H. The smallest absolute Gasteiger partial charge is 0.239 e. The largest absolute Gasteiger partial charge is 0.486 e. The number of hydrogen-bond donors (Lipinski definition) is 2. The lowest BCUT2D eigenvalue weighted by Crippen LogP contribution is -2.33. The van der Waals surface area contributed by atoms with Gasteiger partial charge in [-0.2, -0.15) is 0 Å². The molecule has 1 atom stereocenters. The molecule has 2 aromatic rings. The second kappa shape index (κ2) is 7.71. The molecule has 4 rings (SSSR count). The molecule has 0 bridgehead atoms. The van der Waals surface area contributed by atoms with Crippen LogP contribution < -0.4 is 25.4 Å². The molecule has 9 heteroatoms. The van der Waals surface area contributed by atoms with Crippen LogP contribution in [-0.4, -0.2) is 36.6 Å². The first-order valence-corrected chi connectivity index (χ1v) is 8.35. The van der Waals surface area contributed by atoms with Gasteiger partial charge in [-0.05, 0) is 30.7 Å². The summed E-state index contributed by atoms with van der Waals surface area (Å²) in [5.74, 6) is 0.328. The van der Waals surface area contributed by atoms with Gasteiger partial charge in [-0.3, -0.25) is 9.59 Å². The van der Waals surface area contributed by atoms with Gasteiger partial charge in [0.2, 0.25) is 11.8 Å². The Morgan fingerprint density at radius 2 is 1.96 bits per heavy atom. The van der Waals surface area contributed by atoms with Crippen molar-refractivity contribution in [1.29, 1.82) is 0 Å². The van der Waals surface area contributed by atoms with Crippen molar-refractivity contribution >= 4 is 41.4 Å². The van der Waals surface area contributed by atoms with Gasteiger partial charge in [0.05, 0.1) is 11.9 Å². The predicted molar refractivity (Wildman–Crippen MR) is 102 cm³/mol. The Bertz CT molecular complexity index is 859. The van der Waals surface area contributed by atoms with Gasteiger partial charge in [-0.15, -0.1) is 12.4 Å². The normalized spacial score (nSPS) is 18.0. The van der Waals surface area contributed by atoms with Crippen molar-refractivity contribution in [3.63, 3.8) is 0 Å². The van der Waals surface area contributed by atoms with Crippen molar-refractivity contribution in [3.05, 3.63) is 36.5 Å². The van der Waals surface area contributed by atoms with E-state index in [-0.39, 0.29) is 24.2 Å². The molecule has 2 aliphatic heterocycles. The molecule has 1 unspecified atom stereocenters. The van der Waals surface area contributed by atoms with Crippen LogP contribution in [0.1, 0.15) is 6.42 Å². The Hall–Kier alpha value is -3.00. The second-order valence-corrected chi connectivity index (χ2v) is 6.12. The number of nitrogens with zero attached hydrogens (tertiary/aromatic N) is 2. The Labute approximate surface area is 162 Å². The van der Waals surface area contributed by atoms with Crippen LogP contribution >= 0.6 is 12.4 Å². The van der Waals surface area contributed by atoms with Crippen LogP contribution in [0, 0.1) is 5.92 Å². The molecule has 1 fully saturated rings. The van der Waals surface area contributed by atoms with E-state index in [1.54, 1.807) is 35.2 Å². The minimum Gasteiger partial charge on any atom is -0.486 e. The molecule has 2 aliphatic rings. The van der Waals surface area contributed by atoms with Crippen LogP contribution in [0.4, 0.5) is 17.2 Å². The number of ether oxygens (including phenoxy) is 2. The molecule has 0 radical (unpaired) electrons. The molecule has 0 aliphatic carbocycles. The number of benzene rings is 1. The van der Waals surface area contributed by atoms with Gasteiger partial charge in [0.25, 0.3) is 0 Å². The van der Waals surface area contributed by atoms with E-state index in [9.17, 15) is 9.59 Å². The number of fused-ring (bicyclic) bond motifs is 1. The molecule has 3 heterocycles. The summed E-state index contributed by atoms with van der Waals surface area (Å²) in [5.41, 5.74) is 6.74. The molecule has 8 nitrogen and oxygen atoms in total. The summed E-state index contributed by atoms with van der Waals surface area (Å²) in [6, 6.07) is 8.60. The third kappa shape index (κ3) is 3.75. The zero-order valence-corrected chi connectivity index (χ0v) is 15.2. The zero-order chi connectivity index (χ0) is 18.1. The summed E-state index contributed by atoms with van der Waals surface area (Å²) in [7, 11) is 0. The molecule has 27 heavy (non-hydrogen) atoms. The van der Waals surface area contributed by atoms with Gasteiger partial charge in [0.15, 0.2) is 11.5 Å². The van der Waals surface area contributed by atoms with Crippen molar-refractivity contribution < 1.29 is 19.1 Å². The van der Waals surface area contributed by atoms with Crippen LogP contribution in [0.3, 0.4) is 0 Å². The number of anilines is 3. The van der Waals surface area contributed by atoms with E-state index in [1.807, 2.05) is 0 Å². The first-order chi connectivity index (χ1) is 12.6. The molecule has 1 saturated heterocycles. The quantitative estimate of drug-likeness (QED) is 0.774. The first kappa shape index (κ1) is 18.8. The highest BCUT2D eigenvalue weighted by atomic mass is 35.5. The maximum Gasteiger partial charge on any atom is 0.239 e. The minimum atomic E-state index is -0.735. The third-order valence-corrected chi connectivity index (χ3v) is 4.41. The first-order valence-electron chi connectivity index (χ1n) is 8.35. The lowest BCUT2D eigenvalue weighted by atomic mass is 10.1. The number of carbonyl (C=O) groups is 2. The van der Waals surface area contributed by atoms with Crippen LogP contribution in [0.15, 0.2) is 36.5 Å². The number of nitrogen functional groups attached to an aromatic ring is 1. The van der Waals surface area contributed by atoms with Gasteiger partial charge < -0.3 is 25.4 Å². The maximum absolute atomic E-state index is 12.7. The number of amides is 2. The topological polar surface area (TPSA) is 107 Å². The molecule has 142 valence electrons. The fourth-order valence-corrected chi connectivity index (χ4v) is 3.09. The number of aromatic nitrogens is 1. The average molecular weight is 391 g/mol. The van der Waals surface area contributed by atoms with Crippen LogP contribution in [0.2, 0.25) is 0 Å². The van der Waals surface area contributed by atoms with Crippen molar-refractivity contribution in [2.45, 2.75) is 6.42 Å². The van der Waals surface area contributed by atoms with Gasteiger partial charge in [-0.25, -0.2) is 4.98 Å². The highest BCUT2D eigenvalue weighted by molar-refractivity contribution is 6.13. The molecule has 0 spiro atoms. The molecule has 2 amide bonds. The highest BCUT2D eigenvalue weighted by Crippen LogP contribution is 2.36. The van der Waals surface area contributed by atoms with Crippen LogP contribution in [0.5, 0.6) is 11.5 Å². The van der Waals surface area contributed by atoms with E-state index >= 15 is 0 Å². The van der Waals surface area contributed by atoms with Crippen LogP contribution in [0.25, 0.3) is 0 Å². The molecular formula is C18H19ClN4O4. The lowest BCUT2D eigenvalue weighted by Gasteiger charge is -2.22. The van der Waals surface area contributed by atoms with Gasteiger partial charge in [0, 0.05) is 18.3 Å². The Kier molecular flexibility index (Phi) is 5.36. The summed E-state index contributed by atoms with van der Waals surface area (Å²) in [4.78, 5) is 30.7. The van der Waals surface area contributed by atoms with E-state index in [2.05, 4.69) is 10.3 Å². The molecule has 0 saturated carbocycles. The Balaban J connectivity index is 0.00000210. The van der Waals surface area contributed by atoms with Crippen molar-refractivity contribution in [3.8, 4) is 11.5 Å². The average Bonchev–Trinajstić information content (AvgIpc) is 3.05. The fraction of sp³-hybridized carbons (Fsp3) is 0.278. The number of carbonyl (C=O) groups excluding carboxylic acids is 2. The van der Waals surface area contributed by atoms with E-state index in [1.165, 1.54) is 6.20 Å². The SMILES string of the molecule is Cl.Nc1ccc(NC(=O)C2CCN(c3ccc4c(c3)OCCO4)C2=O)cn1. The number of pyridine rings is 1. The monoisotopic (exact) mass is 390 g/mol. The summed E-state index contributed by atoms with van der Waals surface area (Å²) < 4.78 is 11.1. The number of rotatable bonds is 3. The lowest BCUT2D eigenvalue weighted by molar-refractivity contribution is -0.129. The summed E-state index contributed by atoms with van der Waals surface area (Å²) in [5, 5.41) is 2.71. The van der Waals surface area contributed by atoms with Gasteiger partial charge in [-0.1, -0.05) is 0 Å². The van der Waals surface area contributed by atoms with Crippen LogP contribution in [-0.2, 0) is 9.59 Å². The molecule has 1 aromatic heterocycles. The van der Waals surface area contributed by atoms with Gasteiger partial charge >= 0.3 is 0 Å². The maximum atomic E-state index is 12.7. The summed E-state index contributed by atoms with van der Waals surface area (Å²) >= 11 is 0. The predicted octanol–water partition coefficient (Wildman–Crippen LogP) is 1.85. The molecular weight excluding hydrogens is 372 g/mol. The third-order valence-electron chi connectivity index (χ3n) is 4.41. The summed E-state index contributed by atoms with van der Waals surface area (Å²) in [6.07, 6.45) is 1.91. The second-order valence-electron chi connectivity index (χ2n) is 6.12. The number of nitrogens with one attached hydrogen (secondary N) is 1. The molecule has 1 aromatic carbocycles. The Morgan fingerprint density at radius 3 is 2.70 bits per heavy atom. The summed E-state index contributed by atoms with van der Waals surface area (Å²) in [6.45, 7) is 1.46. The number of hydrogen-bond acceptors (Lipinski definition) is 6. The zero-order valence-electron chi connectivity index (χ0n) is 14.4. The minimum absolute atomic E-state index is 0. The highest BCUT2D eigenvalue weighted by Gasteiger charge is 2.38. The van der Waals surface area contributed by atoms with Crippen molar-refractivity contribution in [1.82, 2.24) is 4.98 Å². The van der Waals surface area contributed by atoms with Gasteiger partial charge in [0.1, 0.15) is 24.9 Å². The van der Waals surface area contributed by atoms with E-state index < -0.39 is 5.92 Å². The molecule has 3 N–H and O–H groups in total. The number of nitrogens with two attached hydrogens (primary N) is 1. The van der Waals surface area contributed by atoms with E-state index in [0.29, 0.717) is 54.9 Å². The van der Waals surface area contributed by atoms with Crippen molar-refractivity contribution in [2.75, 3.05) is 35.7 Å². The van der Waals surface area contributed by atoms with Crippen molar-refractivity contribution in [2.24, 2.45) is 5.92 Å².